The number of hydrogen-bond acceptors (Lipinski definition) is 3. The van der Waals surface area contributed by atoms with Crippen LogP contribution in [0.25, 0.3) is 0 Å². The molecule has 0 saturated heterocycles. The van der Waals surface area contributed by atoms with Gasteiger partial charge in [-0.1, -0.05) is 49.4 Å². The minimum absolute atomic E-state index is 0.0152. The standard InChI is InChI=1S/C14H17Cl2NO2/c1-14(5-3-2-4-6-14)13(19)10-8(17)7-9(18)11(15)12(10)16/h7,18H,2-6,17H2,1H3. The Morgan fingerprint density at radius 3 is 2.42 bits per heavy atom. The summed E-state index contributed by atoms with van der Waals surface area (Å²) in [7, 11) is 0. The molecular formula is C14H17Cl2NO2. The maximum Gasteiger partial charge on any atom is 0.172 e. The first-order valence-electron chi connectivity index (χ1n) is 6.38. The zero-order valence-electron chi connectivity index (χ0n) is 10.8. The Balaban J connectivity index is 2.47. The molecule has 0 radical (unpaired) electrons. The molecule has 1 saturated carbocycles. The van der Waals surface area contributed by atoms with Crippen molar-refractivity contribution in [3.8, 4) is 5.75 Å². The lowest BCUT2D eigenvalue weighted by Crippen LogP contribution is -2.31. The molecule has 2 rings (SSSR count). The number of rotatable bonds is 2. The number of benzene rings is 1. The van der Waals surface area contributed by atoms with Gasteiger partial charge in [0.05, 0.1) is 10.6 Å². The second-order valence-corrected chi connectivity index (χ2v) is 6.19. The van der Waals surface area contributed by atoms with Crippen molar-refractivity contribution in [2.24, 2.45) is 5.41 Å². The number of carbonyl (C=O) groups is 1. The fourth-order valence-electron chi connectivity index (χ4n) is 2.72. The van der Waals surface area contributed by atoms with Crippen LogP contribution >= 0.6 is 23.2 Å². The molecule has 5 heteroatoms. The first-order valence-corrected chi connectivity index (χ1v) is 7.13. The number of nitrogens with two attached hydrogens (primary N) is 1. The molecule has 0 spiro atoms. The van der Waals surface area contributed by atoms with Crippen LogP contribution in [0.15, 0.2) is 6.07 Å². The monoisotopic (exact) mass is 301 g/mol. The van der Waals surface area contributed by atoms with E-state index in [1.807, 2.05) is 6.92 Å². The maximum atomic E-state index is 12.7. The van der Waals surface area contributed by atoms with Crippen molar-refractivity contribution in [3.63, 3.8) is 0 Å². The second kappa shape index (κ2) is 5.22. The van der Waals surface area contributed by atoms with Crippen LogP contribution in [0, 0.1) is 5.41 Å². The number of Topliss-reactive ketones (excluding diaryl/α,β-unsaturated/α-hetero) is 1. The highest BCUT2D eigenvalue weighted by Crippen LogP contribution is 2.44. The van der Waals surface area contributed by atoms with Crippen molar-refractivity contribution in [3.05, 3.63) is 21.7 Å². The van der Waals surface area contributed by atoms with Gasteiger partial charge in [0.15, 0.2) is 5.78 Å². The molecule has 0 amide bonds. The van der Waals surface area contributed by atoms with Crippen LogP contribution in [0.1, 0.15) is 49.4 Å². The molecular weight excluding hydrogens is 285 g/mol. The lowest BCUT2D eigenvalue weighted by Gasteiger charge is -2.32. The molecule has 0 unspecified atom stereocenters. The van der Waals surface area contributed by atoms with Gasteiger partial charge in [-0.15, -0.1) is 0 Å². The molecule has 0 aliphatic heterocycles. The van der Waals surface area contributed by atoms with Gasteiger partial charge in [-0.25, -0.2) is 0 Å². The van der Waals surface area contributed by atoms with E-state index in [-0.39, 0.29) is 32.8 Å². The highest BCUT2D eigenvalue weighted by molar-refractivity contribution is 6.45. The number of hydrogen-bond donors (Lipinski definition) is 2. The van der Waals surface area contributed by atoms with Crippen molar-refractivity contribution in [1.29, 1.82) is 0 Å². The smallest absolute Gasteiger partial charge is 0.172 e. The zero-order valence-corrected chi connectivity index (χ0v) is 12.3. The van der Waals surface area contributed by atoms with E-state index in [0.717, 1.165) is 32.1 Å². The first kappa shape index (κ1) is 14.5. The van der Waals surface area contributed by atoms with Gasteiger partial charge >= 0.3 is 0 Å². The van der Waals surface area contributed by atoms with Crippen molar-refractivity contribution in [2.45, 2.75) is 39.0 Å². The SMILES string of the molecule is CC1(C(=O)c2c(N)cc(O)c(Cl)c2Cl)CCCCC1. The lowest BCUT2D eigenvalue weighted by atomic mass is 9.71. The average Bonchev–Trinajstić information content (AvgIpc) is 2.37. The summed E-state index contributed by atoms with van der Waals surface area (Å²) >= 11 is 12.0. The molecule has 3 nitrogen and oxygen atoms in total. The van der Waals surface area contributed by atoms with Gasteiger partial charge in [0, 0.05) is 17.2 Å². The number of anilines is 1. The van der Waals surface area contributed by atoms with Crippen molar-refractivity contribution < 1.29 is 9.90 Å². The third kappa shape index (κ3) is 2.54. The van der Waals surface area contributed by atoms with Crippen molar-refractivity contribution in [1.82, 2.24) is 0 Å². The van der Waals surface area contributed by atoms with Crippen molar-refractivity contribution >= 4 is 34.7 Å². The van der Waals surface area contributed by atoms with Gasteiger partial charge in [0.1, 0.15) is 10.8 Å². The fraction of sp³-hybridized carbons (Fsp3) is 0.500. The molecule has 104 valence electrons. The number of halogens is 2. The van der Waals surface area contributed by atoms with Crippen LogP contribution in [-0.2, 0) is 0 Å². The molecule has 3 N–H and O–H groups in total. The summed E-state index contributed by atoms with van der Waals surface area (Å²) in [6.45, 7) is 1.95. The highest BCUT2D eigenvalue weighted by atomic mass is 35.5. The van der Waals surface area contributed by atoms with Gasteiger partial charge in [-0.05, 0) is 12.8 Å². The minimum Gasteiger partial charge on any atom is -0.506 e. The maximum absolute atomic E-state index is 12.7. The summed E-state index contributed by atoms with van der Waals surface area (Å²) in [6, 6.07) is 1.29. The van der Waals surface area contributed by atoms with E-state index in [4.69, 9.17) is 28.9 Å². The van der Waals surface area contributed by atoms with Crippen LogP contribution in [0.4, 0.5) is 5.69 Å². The van der Waals surface area contributed by atoms with E-state index in [9.17, 15) is 9.90 Å². The van der Waals surface area contributed by atoms with Crippen LogP contribution in [0.5, 0.6) is 5.75 Å². The fourth-order valence-corrected chi connectivity index (χ4v) is 3.16. The Bertz CT molecular complexity index is 523. The third-order valence-corrected chi connectivity index (χ3v) is 4.81. The molecule has 19 heavy (non-hydrogen) atoms. The number of nitrogen functional groups attached to an aromatic ring is 1. The van der Waals surface area contributed by atoms with Crippen molar-refractivity contribution in [2.75, 3.05) is 5.73 Å². The number of carbonyl (C=O) groups excluding carboxylic acids is 1. The normalized spacial score (nSPS) is 18.3. The molecule has 0 bridgehead atoms. The molecule has 1 aliphatic carbocycles. The first-order chi connectivity index (χ1) is 8.87. The Kier molecular flexibility index (Phi) is 3.98. The Morgan fingerprint density at radius 2 is 1.84 bits per heavy atom. The van der Waals surface area contributed by atoms with Crippen LogP contribution in [-0.4, -0.2) is 10.9 Å². The van der Waals surface area contributed by atoms with E-state index in [2.05, 4.69) is 0 Å². The topological polar surface area (TPSA) is 63.3 Å². The summed E-state index contributed by atoms with van der Waals surface area (Å²) < 4.78 is 0. The van der Waals surface area contributed by atoms with Gasteiger partial charge in [0.2, 0.25) is 0 Å². The predicted molar refractivity (Wildman–Crippen MR) is 78.1 cm³/mol. The van der Waals surface area contributed by atoms with Gasteiger partial charge in [-0.3, -0.25) is 4.79 Å². The summed E-state index contributed by atoms with van der Waals surface area (Å²) in [5.41, 5.74) is 5.83. The van der Waals surface area contributed by atoms with Gasteiger partial charge < -0.3 is 10.8 Å². The number of ketones is 1. The summed E-state index contributed by atoms with van der Waals surface area (Å²) in [5.74, 6) is -0.272. The van der Waals surface area contributed by atoms with E-state index in [0.29, 0.717) is 0 Å². The molecule has 1 fully saturated rings. The molecule has 0 atom stereocenters. The largest absolute Gasteiger partial charge is 0.506 e. The Morgan fingerprint density at radius 1 is 1.26 bits per heavy atom. The lowest BCUT2D eigenvalue weighted by molar-refractivity contribution is 0.0751. The van der Waals surface area contributed by atoms with Crippen LogP contribution in [0.3, 0.4) is 0 Å². The number of phenols is 1. The third-order valence-electron chi connectivity index (χ3n) is 3.95. The zero-order chi connectivity index (χ0) is 14.2. The van der Waals surface area contributed by atoms with E-state index in [1.54, 1.807) is 0 Å². The summed E-state index contributed by atoms with van der Waals surface area (Å²) in [5, 5.41) is 9.59. The van der Waals surface area contributed by atoms with E-state index >= 15 is 0 Å². The van der Waals surface area contributed by atoms with Gasteiger partial charge in [-0.2, -0.15) is 0 Å². The van der Waals surface area contributed by atoms with E-state index < -0.39 is 5.41 Å². The Hall–Kier alpha value is -0.930. The predicted octanol–water partition coefficient (Wildman–Crippen LogP) is 4.43. The number of phenolic OH excluding ortho intramolecular Hbond substituents is 1. The Labute approximate surface area is 122 Å². The van der Waals surface area contributed by atoms with E-state index in [1.165, 1.54) is 6.07 Å². The molecule has 0 aromatic heterocycles. The molecule has 1 aromatic carbocycles. The highest BCUT2D eigenvalue weighted by Gasteiger charge is 2.37. The number of aromatic hydroxyl groups is 1. The van der Waals surface area contributed by atoms with Gasteiger partial charge in [0.25, 0.3) is 0 Å². The summed E-state index contributed by atoms with van der Waals surface area (Å²) in [4.78, 5) is 12.7. The average molecular weight is 302 g/mol. The van der Waals surface area contributed by atoms with Crippen LogP contribution in [0.2, 0.25) is 10.0 Å². The molecule has 1 aliphatic rings. The quantitative estimate of drug-likeness (QED) is 0.627. The summed E-state index contributed by atoms with van der Waals surface area (Å²) in [6.07, 6.45) is 4.89. The molecule has 0 heterocycles. The minimum atomic E-state index is -0.434. The van der Waals surface area contributed by atoms with Crippen LogP contribution < -0.4 is 5.73 Å². The second-order valence-electron chi connectivity index (χ2n) is 5.44. The molecule has 1 aromatic rings.